The van der Waals surface area contributed by atoms with E-state index in [1.54, 1.807) is 11.3 Å². The molecule has 134 valence electrons. The molecule has 1 amide bonds. The smallest absolute Gasteiger partial charge is 0.278 e. The van der Waals surface area contributed by atoms with Crippen molar-refractivity contribution in [3.63, 3.8) is 0 Å². The summed E-state index contributed by atoms with van der Waals surface area (Å²) in [5.74, 6) is 1.83. The maximum atomic E-state index is 12.7. The Morgan fingerprint density at radius 3 is 3.08 bits per heavy atom. The third kappa shape index (κ3) is 2.74. The predicted molar refractivity (Wildman–Crippen MR) is 95.6 cm³/mol. The van der Waals surface area contributed by atoms with Gasteiger partial charge in [0, 0.05) is 43.7 Å². The number of thiophene rings is 1. The number of rotatable bonds is 4. The predicted octanol–water partition coefficient (Wildman–Crippen LogP) is 2.54. The van der Waals surface area contributed by atoms with E-state index in [1.807, 2.05) is 33.5 Å². The van der Waals surface area contributed by atoms with E-state index in [0.717, 1.165) is 47.6 Å². The molecular weight excluding hydrogens is 350 g/mol. The molecule has 8 heteroatoms. The van der Waals surface area contributed by atoms with Crippen LogP contribution in [-0.2, 0) is 31.2 Å². The average molecular weight is 369 g/mol. The number of hydrogen-bond acceptors (Lipinski definition) is 6. The first kappa shape index (κ1) is 15.7. The Morgan fingerprint density at radius 1 is 1.42 bits per heavy atom. The van der Waals surface area contributed by atoms with Crippen molar-refractivity contribution in [1.29, 1.82) is 0 Å². The summed E-state index contributed by atoms with van der Waals surface area (Å²) in [5.41, 5.74) is 3.97. The Balaban J connectivity index is 1.41. The minimum atomic E-state index is 0.146. The average Bonchev–Trinajstić information content (AvgIpc) is 3.05. The van der Waals surface area contributed by atoms with Gasteiger partial charge in [-0.05, 0) is 35.2 Å². The van der Waals surface area contributed by atoms with Crippen LogP contribution in [0.4, 0.5) is 0 Å². The van der Waals surface area contributed by atoms with E-state index >= 15 is 0 Å². The summed E-state index contributed by atoms with van der Waals surface area (Å²) in [4.78, 5) is 19.1. The van der Waals surface area contributed by atoms with E-state index in [2.05, 4.69) is 15.2 Å². The molecule has 0 spiro atoms. The topological polar surface area (TPSA) is 77.1 Å². The van der Waals surface area contributed by atoms with Gasteiger partial charge in [-0.15, -0.1) is 0 Å². The van der Waals surface area contributed by atoms with Gasteiger partial charge in [0.15, 0.2) is 11.5 Å². The number of amides is 1. The van der Waals surface area contributed by atoms with Crippen molar-refractivity contribution in [2.45, 2.75) is 38.1 Å². The van der Waals surface area contributed by atoms with E-state index in [-0.39, 0.29) is 5.91 Å². The highest BCUT2D eigenvalue weighted by atomic mass is 32.1. The molecule has 2 aliphatic rings. The normalized spacial score (nSPS) is 16.7. The van der Waals surface area contributed by atoms with Crippen LogP contribution in [0.25, 0.3) is 11.6 Å². The number of aryl methyl sites for hydroxylation is 1. The van der Waals surface area contributed by atoms with Gasteiger partial charge in [-0.3, -0.25) is 9.48 Å². The second-order valence-electron chi connectivity index (χ2n) is 7.00. The largest absolute Gasteiger partial charge is 0.338 e. The molecule has 5 rings (SSSR count). The van der Waals surface area contributed by atoms with Crippen molar-refractivity contribution < 1.29 is 9.32 Å². The van der Waals surface area contributed by atoms with E-state index in [4.69, 9.17) is 4.52 Å². The lowest BCUT2D eigenvalue weighted by molar-refractivity contribution is -0.131. The van der Waals surface area contributed by atoms with E-state index in [0.29, 0.717) is 31.3 Å². The zero-order valence-corrected chi connectivity index (χ0v) is 15.3. The van der Waals surface area contributed by atoms with Crippen LogP contribution < -0.4 is 0 Å². The molecule has 0 bridgehead atoms. The van der Waals surface area contributed by atoms with Gasteiger partial charge in [-0.1, -0.05) is 5.16 Å². The monoisotopic (exact) mass is 369 g/mol. The second kappa shape index (κ2) is 6.05. The Labute approximate surface area is 154 Å². The van der Waals surface area contributed by atoms with Crippen LogP contribution in [0.5, 0.6) is 0 Å². The third-order valence-electron chi connectivity index (χ3n) is 5.12. The van der Waals surface area contributed by atoms with Crippen LogP contribution in [0.2, 0.25) is 0 Å². The summed E-state index contributed by atoms with van der Waals surface area (Å²) >= 11 is 1.62. The van der Waals surface area contributed by atoms with Crippen LogP contribution >= 0.6 is 11.3 Å². The van der Waals surface area contributed by atoms with Crippen LogP contribution in [-0.4, -0.2) is 37.3 Å². The van der Waals surface area contributed by atoms with Gasteiger partial charge in [0.1, 0.15) is 0 Å². The molecule has 4 heterocycles. The van der Waals surface area contributed by atoms with E-state index in [9.17, 15) is 4.79 Å². The lowest BCUT2D eigenvalue weighted by Gasteiger charge is -2.27. The van der Waals surface area contributed by atoms with Gasteiger partial charge in [0.2, 0.25) is 5.91 Å². The first-order valence-electron chi connectivity index (χ1n) is 8.86. The summed E-state index contributed by atoms with van der Waals surface area (Å²) < 4.78 is 7.35. The fraction of sp³-hybridized carbons (Fsp3) is 0.444. The molecule has 1 aliphatic carbocycles. The molecule has 1 fully saturated rings. The highest BCUT2D eigenvalue weighted by Crippen LogP contribution is 2.39. The molecule has 0 N–H and O–H groups in total. The van der Waals surface area contributed by atoms with Gasteiger partial charge >= 0.3 is 0 Å². The van der Waals surface area contributed by atoms with Crippen LogP contribution in [0.15, 0.2) is 21.3 Å². The van der Waals surface area contributed by atoms with Gasteiger partial charge < -0.3 is 9.42 Å². The zero-order chi connectivity index (χ0) is 17.7. The number of carbonyl (C=O) groups is 1. The summed E-state index contributed by atoms with van der Waals surface area (Å²) in [6.45, 7) is 1.26. The molecule has 0 radical (unpaired) electrons. The van der Waals surface area contributed by atoms with Gasteiger partial charge in [0.25, 0.3) is 5.89 Å². The minimum Gasteiger partial charge on any atom is -0.338 e. The first-order chi connectivity index (χ1) is 12.7. The minimum absolute atomic E-state index is 0.146. The van der Waals surface area contributed by atoms with Crippen molar-refractivity contribution in [3.05, 3.63) is 39.5 Å². The van der Waals surface area contributed by atoms with Crippen molar-refractivity contribution in [2.75, 3.05) is 6.54 Å². The van der Waals surface area contributed by atoms with E-state index < -0.39 is 0 Å². The summed E-state index contributed by atoms with van der Waals surface area (Å²) in [7, 11) is 1.93. The zero-order valence-electron chi connectivity index (χ0n) is 14.5. The van der Waals surface area contributed by atoms with Crippen molar-refractivity contribution in [3.8, 4) is 11.6 Å². The lowest BCUT2D eigenvalue weighted by Crippen LogP contribution is -2.37. The van der Waals surface area contributed by atoms with Gasteiger partial charge in [0.05, 0.1) is 6.42 Å². The molecule has 3 aromatic heterocycles. The number of aromatic nitrogens is 4. The SMILES string of the molecule is Cn1nc(-c2nc(C3CC3)no2)c2c1CCN(C(=O)Cc1ccsc1)C2. The van der Waals surface area contributed by atoms with Crippen LogP contribution in [0, 0.1) is 0 Å². The molecule has 0 atom stereocenters. The van der Waals surface area contributed by atoms with Crippen molar-refractivity contribution >= 4 is 17.2 Å². The van der Waals surface area contributed by atoms with Crippen LogP contribution in [0.1, 0.15) is 41.4 Å². The van der Waals surface area contributed by atoms with Crippen LogP contribution in [0.3, 0.4) is 0 Å². The number of nitrogens with zero attached hydrogens (tertiary/aromatic N) is 5. The van der Waals surface area contributed by atoms with Gasteiger partial charge in [-0.25, -0.2) is 0 Å². The van der Waals surface area contributed by atoms with E-state index in [1.165, 1.54) is 0 Å². The Morgan fingerprint density at radius 2 is 2.31 bits per heavy atom. The lowest BCUT2D eigenvalue weighted by atomic mass is 10.0. The van der Waals surface area contributed by atoms with Crippen molar-refractivity contribution in [2.24, 2.45) is 7.05 Å². The fourth-order valence-corrected chi connectivity index (χ4v) is 4.16. The summed E-state index contributed by atoms with van der Waals surface area (Å²) in [5, 5.41) is 12.7. The standard InChI is InChI=1S/C18H19N5O2S/c1-22-14-4-6-23(15(24)8-11-5-7-26-10-11)9-13(14)16(20-22)18-19-17(21-25-18)12-2-3-12/h5,7,10,12H,2-4,6,8-9H2,1H3. The maximum Gasteiger partial charge on any atom is 0.278 e. The fourth-order valence-electron chi connectivity index (χ4n) is 3.50. The Kier molecular flexibility index (Phi) is 3.66. The summed E-state index contributed by atoms with van der Waals surface area (Å²) in [6.07, 6.45) is 3.49. The second-order valence-corrected chi connectivity index (χ2v) is 7.78. The third-order valence-corrected chi connectivity index (χ3v) is 5.85. The molecule has 26 heavy (non-hydrogen) atoms. The molecule has 7 nitrogen and oxygen atoms in total. The molecule has 0 saturated heterocycles. The highest BCUT2D eigenvalue weighted by molar-refractivity contribution is 7.08. The molecule has 1 saturated carbocycles. The number of hydrogen-bond donors (Lipinski definition) is 0. The molecular formula is C18H19N5O2S. The quantitative estimate of drug-likeness (QED) is 0.706. The summed E-state index contributed by atoms with van der Waals surface area (Å²) in [6, 6.07) is 2.01. The molecule has 0 unspecified atom stereocenters. The number of fused-ring (bicyclic) bond motifs is 1. The molecule has 3 aromatic rings. The molecule has 1 aliphatic heterocycles. The van der Waals surface area contributed by atoms with Gasteiger partial charge in [-0.2, -0.15) is 21.4 Å². The Bertz CT molecular complexity index is 955. The molecule has 0 aromatic carbocycles. The first-order valence-corrected chi connectivity index (χ1v) is 9.81. The number of carbonyl (C=O) groups excluding carboxylic acids is 1. The highest BCUT2D eigenvalue weighted by Gasteiger charge is 2.32. The Hall–Kier alpha value is -2.48. The maximum absolute atomic E-state index is 12.7. The van der Waals surface area contributed by atoms with Crippen molar-refractivity contribution in [1.82, 2.24) is 24.8 Å².